The van der Waals surface area contributed by atoms with E-state index >= 15 is 0 Å². The van der Waals surface area contributed by atoms with E-state index in [-0.39, 0.29) is 0 Å². The van der Waals surface area contributed by atoms with Gasteiger partial charge in [0, 0.05) is 26.9 Å². The van der Waals surface area contributed by atoms with Gasteiger partial charge < -0.3 is 0 Å². The molecule has 0 bridgehead atoms. The van der Waals surface area contributed by atoms with Gasteiger partial charge in [-0.15, -0.1) is 0 Å². The average molecular weight is 344 g/mol. The number of piperidine rings is 1. The number of hydrogen-bond donors (Lipinski definition) is 0. The maximum absolute atomic E-state index is 5.95. The Hall–Kier alpha value is -0.960. The zero-order valence-electron chi connectivity index (χ0n) is 13.2. The number of nitrogens with zero attached hydrogens (tertiary/aromatic N) is 1. The van der Waals surface area contributed by atoms with Crippen molar-refractivity contribution in [2.24, 2.45) is 0 Å². The highest BCUT2D eigenvalue weighted by Gasteiger charge is 2.35. The third kappa shape index (κ3) is 3.45. The first-order chi connectivity index (χ1) is 11.3. The summed E-state index contributed by atoms with van der Waals surface area (Å²) in [4.78, 5) is 5.29. The third-order valence-electron chi connectivity index (χ3n) is 5.16. The molecule has 2 fully saturated rings. The molecule has 2 aliphatic rings. The van der Waals surface area contributed by atoms with Gasteiger partial charge in [0.15, 0.2) is 0 Å². The van der Waals surface area contributed by atoms with E-state index < -0.39 is 0 Å². The van der Waals surface area contributed by atoms with Crippen molar-refractivity contribution in [2.75, 3.05) is 6.54 Å². The molecule has 23 heavy (non-hydrogen) atoms. The fourth-order valence-electron chi connectivity index (χ4n) is 4.01. The monoisotopic (exact) mass is 343 g/mol. The smallest absolute Gasteiger partial charge is 0.0406 e. The van der Waals surface area contributed by atoms with E-state index in [0.29, 0.717) is 6.04 Å². The van der Waals surface area contributed by atoms with Gasteiger partial charge in [-0.2, -0.15) is 0 Å². The van der Waals surface area contributed by atoms with Gasteiger partial charge in [-0.05, 0) is 74.2 Å². The molecule has 2 aromatic carbocycles. The topological polar surface area (TPSA) is 3.24 Å². The maximum Gasteiger partial charge on any atom is 0.0406 e. The predicted molar refractivity (Wildman–Crippen MR) is 98.3 cm³/mol. The summed E-state index contributed by atoms with van der Waals surface area (Å²) in [5, 5.41) is 0.794. The number of rotatable bonds is 3. The molecule has 0 saturated carbocycles. The molecule has 2 aliphatic heterocycles. The van der Waals surface area contributed by atoms with Crippen LogP contribution in [0.1, 0.15) is 43.7 Å². The van der Waals surface area contributed by atoms with Crippen molar-refractivity contribution < 1.29 is 0 Å². The molecule has 0 amide bonds. The van der Waals surface area contributed by atoms with E-state index in [9.17, 15) is 0 Å². The molecule has 4 rings (SSSR count). The zero-order chi connectivity index (χ0) is 15.6. The van der Waals surface area contributed by atoms with Gasteiger partial charge >= 0.3 is 0 Å². The van der Waals surface area contributed by atoms with Crippen LogP contribution in [0.3, 0.4) is 0 Å². The molecule has 120 valence electrons. The summed E-state index contributed by atoms with van der Waals surface area (Å²) in [6.45, 7) is 1.29. The predicted octanol–water partition coefficient (Wildman–Crippen LogP) is 6.18. The highest BCUT2D eigenvalue weighted by atomic mass is 35.5. The van der Waals surface area contributed by atoms with Crippen molar-refractivity contribution in [3.63, 3.8) is 0 Å². The van der Waals surface area contributed by atoms with Crippen LogP contribution < -0.4 is 0 Å². The zero-order valence-corrected chi connectivity index (χ0v) is 14.8. The molecular weight excluding hydrogens is 322 g/mol. The first kappa shape index (κ1) is 15.6. The number of benzene rings is 2. The van der Waals surface area contributed by atoms with Gasteiger partial charge in [-0.1, -0.05) is 41.9 Å². The number of hydrogen-bond acceptors (Lipinski definition) is 2. The molecule has 0 spiro atoms. The molecule has 2 heterocycles. The molecule has 2 aromatic rings. The summed E-state index contributed by atoms with van der Waals surface area (Å²) >= 11 is 7.75. The molecule has 1 nitrogen and oxygen atoms in total. The van der Waals surface area contributed by atoms with Crippen molar-refractivity contribution in [3.8, 4) is 0 Å². The Bertz CT molecular complexity index is 652. The minimum absolute atomic E-state index is 0.648. The SMILES string of the molecule is Clc1ccc(Sc2ccc([C@H]3CC[C@H]4CCCCN43)cc2)cc1. The lowest BCUT2D eigenvalue weighted by Crippen LogP contribution is -2.35. The lowest BCUT2D eigenvalue weighted by Gasteiger charge is -2.34. The Morgan fingerprint density at radius 1 is 0.826 bits per heavy atom. The summed E-state index contributed by atoms with van der Waals surface area (Å²) in [5.74, 6) is 0. The van der Waals surface area contributed by atoms with Crippen LogP contribution in [0.5, 0.6) is 0 Å². The van der Waals surface area contributed by atoms with Crippen LogP contribution in [0.4, 0.5) is 0 Å². The van der Waals surface area contributed by atoms with Gasteiger partial charge in [-0.25, -0.2) is 0 Å². The molecule has 2 saturated heterocycles. The first-order valence-corrected chi connectivity index (χ1v) is 9.78. The first-order valence-electron chi connectivity index (χ1n) is 8.59. The molecule has 0 aliphatic carbocycles. The molecular formula is C20H22ClNS. The number of halogens is 1. The normalized spacial score (nSPS) is 24.6. The van der Waals surface area contributed by atoms with E-state index in [2.05, 4.69) is 41.3 Å². The Morgan fingerprint density at radius 2 is 1.52 bits per heavy atom. The van der Waals surface area contributed by atoms with Crippen LogP contribution in [0.25, 0.3) is 0 Å². The fourth-order valence-corrected chi connectivity index (χ4v) is 4.96. The Labute approximate surface area is 148 Å². The Balaban J connectivity index is 1.46. The van der Waals surface area contributed by atoms with E-state index in [1.165, 1.54) is 54.0 Å². The van der Waals surface area contributed by atoms with Crippen LogP contribution in [-0.2, 0) is 0 Å². The van der Waals surface area contributed by atoms with Crippen molar-refractivity contribution >= 4 is 23.4 Å². The van der Waals surface area contributed by atoms with Gasteiger partial charge in [-0.3, -0.25) is 4.90 Å². The summed E-state index contributed by atoms with van der Waals surface area (Å²) in [6, 6.07) is 18.8. The molecule has 0 N–H and O–H groups in total. The summed E-state index contributed by atoms with van der Waals surface area (Å²) in [6.07, 6.45) is 6.91. The largest absolute Gasteiger partial charge is 0.293 e. The molecule has 0 aromatic heterocycles. The van der Waals surface area contributed by atoms with Crippen LogP contribution in [0.2, 0.25) is 5.02 Å². The minimum Gasteiger partial charge on any atom is -0.293 e. The van der Waals surface area contributed by atoms with Crippen LogP contribution in [0, 0.1) is 0 Å². The van der Waals surface area contributed by atoms with E-state index in [0.717, 1.165) is 11.1 Å². The molecule has 3 heteroatoms. The summed E-state index contributed by atoms with van der Waals surface area (Å²) in [5.41, 5.74) is 1.50. The second-order valence-corrected chi connectivity index (χ2v) is 8.19. The molecule has 2 atom stereocenters. The lowest BCUT2D eigenvalue weighted by atomic mass is 10.0. The van der Waals surface area contributed by atoms with Gasteiger partial charge in [0.25, 0.3) is 0 Å². The van der Waals surface area contributed by atoms with E-state index in [1.807, 2.05) is 12.1 Å². The summed E-state index contributed by atoms with van der Waals surface area (Å²) in [7, 11) is 0. The molecule has 0 unspecified atom stereocenters. The Morgan fingerprint density at radius 3 is 2.26 bits per heavy atom. The lowest BCUT2D eigenvalue weighted by molar-refractivity contribution is 0.150. The van der Waals surface area contributed by atoms with Gasteiger partial charge in [0.05, 0.1) is 0 Å². The maximum atomic E-state index is 5.95. The molecule has 0 radical (unpaired) electrons. The third-order valence-corrected chi connectivity index (χ3v) is 6.43. The Kier molecular flexibility index (Phi) is 4.66. The van der Waals surface area contributed by atoms with E-state index in [4.69, 9.17) is 11.6 Å². The summed E-state index contributed by atoms with van der Waals surface area (Å²) < 4.78 is 0. The quantitative estimate of drug-likeness (QED) is 0.654. The fraction of sp³-hybridized carbons (Fsp3) is 0.400. The van der Waals surface area contributed by atoms with Gasteiger partial charge in [0.1, 0.15) is 0 Å². The average Bonchev–Trinajstić information content (AvgIpc) is 3.02. The van der Waals surface area contributed by atoms with E-state index in [1.54, 1.807) is 11.8 Å². The van der Waals surface area contributed by atoms with Gasteiger partial charge in [0.2, 0.25) is 0 Å². The number of fused-ring (bicyclic) bond motifs is 1. The minimum atomic E-state index is 0.648. The standard InChI is InChI=1S/C20H22ClNS/c21-16-6-11-19(12-7-16)23-18-9-4-15(5-10-18)20-13-8-17-3-1-2-14-22(17)20/h4-7,9-12,17,20H,1-3,8,13-14H2/t17-,20-/m1/s1. The van der Waals surface area contributed by atoms with Crippen molar-refractivity contribution in [1.29, 1.82) is 0 Å². The highest BCUT2D eigenvalue weighted by Crippen LogP contribution is 2.40. The van der Waals surface area contributed by atoms with Crippen LogP contribution in [0.15, 0.2) is 58.3 Å². The van der Waals surface area contributed by atoms with Crippen molar-refractivity contribution in [2.45, 2.75) is 54.0 Å². The second kappa shape index (κ2) is 6.88. The highest BCUT2D eigenvalue weighted by molar-refractivity contribution is 7.99. The second-order valence-electron chi connectivity index (χ2n) is 6.61. The van der Waals surface area contributed by atoms with Crippen LogP contribution in [-0.4, -0.2) is 17.5 Å². The van der Waals surface area contributed by atoms with Crippen molar-refractivity contribution in [1.82, 2.24) is 4.90 Å². The van der Waals surface area contributed by atoms with Crippen LogP contribution >= 0.6 is 23.4 Å². The van der Waals surface area contributed by atoms with Crippen molar-refractivity contribution in [3.05, 3.63) is 59.1 Å².